The summed E-state index contributed by atoms with van der Waals surface area (Å²) in [5.41, 5.74) is 5.37. The second-order valence-electron chi connectivity index (χ2n) is 6.87. The molecule has 7 heteroatoms. The Labute approximate surface area is 130 Å². The summed E-state index contributed by atoms with van der Waals surface area (Å²) in [7, 11) is 0. The van der Waals surface area contributed by atoms with Crippen LogP contribution in [0.25, 0.3) is 5.82 Å². The van der Waals surface area contributed by atoms with Gasteiger partial charge < -0.3 is 15.4 Å². The lowest BCUT2D eigenvalue weighted by Gasteiger charge is -2.47. The topological polar surface area (TPSA) is 82.1 Å². The van der Waals surface area contributed by atoms with Crippen LogP contribution in [0.5, 0.6) is 0 Å². The number of nitrogens with zero attached hydrogens (tertiary/aromatic N) is 5. The lowest BCUT2D eigenvalue weighted by molar-refractivity contribution is -0.133. The van der Waals surface area contributed by atoms with Crippen molar-refractivity contribution < 1.29 is 4.74 Å². The summed E-state index contributed by atoms with van der Waals surface area (Å²) in [6.07, 6.45) is 3.54. The van der Waals surface area contributed by atoms with Crippen LogP contribution in [0.1, 0.15) is 27.7 Å². The molecular weight excluding hydrogens is 280 g/mol. The summed E-state index contributed by atoms with van der Waals surface area (Å²) in [5, 5.41) is 4.20. The van der Waals surface area contributed by atoms with E-state index >= 15 is 0 Å². The van der Waals surface area contributed by atoms with Crippen LogP contribution in [0, 0.1) is 0 Å². The summed E-state index contributed by atoms with van der Waals surface area (Å²) < 4.78 is 7.79. The van der Waals surface area contributed by atoms with Gasteiger partial charge in [-0.1, -0.05) is 0 Å². The van der Waals surface area contributed by atoms with Crippen molar-refractivity contribution >= 4 is 11.8 Å². The highest BCUT2D eigenvalue weighted by atomic mass is 16.5. The van der Waals surface area contributed by atoms with Crippen LogP contribution < -0.4 is 10.6 Å². The second-order valence-corrected chi connectivity index (χ2v) is 6.87. The van der Waals surface area contributed by atoms with E-state index in [4.69, 9.17) is 10.5 Å². The number of aromatic nitrogens is 4. The number of hydrogen-bond donors (Lipinski definition) is 1. The zero-order valence-electron chi connectivity index (χ0n) is 13.4. The van der Waals surface area contributed by atoms with E-state index in [0.717, 1.165) is 18.9 Å². The molecule has 118 valence electrons. The Hall–Kier alpha value is -2.15. The lowest BCUT2D eigenvalue weighted by Crippen LogP contribution is -2.57. The molecule has 0 unspecified atom stereocenters. The first-order valence-corrected chi connectivity index (χ1v) is 7.34. The largest absolute Gasteiger partial charge is 0.368 e. The van der Waals surface area contributed by atoms with Crippen molar-refractivity contribution in [2.45, 2.75) is 38.9 Å². The third-order valence-corrected chi connectivity index (χ3v) is 3.48. The van der Waals surface area contributed by atoms with Crippen molar-refractivity contribution in [2.24, 2.45) is 0 Å². The van der Waals surface area contributed by atoms with Gasteiger partial charge in [0, 0.05) is 31.5 Å². The van der Waals surface area contributed by atoms with Crippen LogP contribution in [-0.4, -0.2) is 44.0 Å². The fraction of sp³-hybridized carbons (Fsp3) is 0.533. The van der Waals surface area contributed by atoms with Gasteiger partial charge >= 0.3 is 0 Å². The minimum Gasteiger partial charge on any atom is -0.368 e. The number of anilines is 2. The normalized spacial score (nSPS) is 20.1. The van der Waals surface area contributed by atoms with E-state index in [2.05, 4.69) is 47.7 Å². The molecule has 0 spiro atoms. The first-order chi connectivity index (χ1) is 10.2. The molecule has 0 aromatic carbocycles. The molecule has 3 rings (SSSR count). The second kappa shape index (κ2) is 4.95. The van der Waals surface area contributed by atoms with Crippen LogP contribution in [0.3, 0.4) is 0 Å². The van der Waals surface area contributed by atoms with Crippen molar-refractivity contribution in [3.8, 4) is 5.82 Å². The maximum absolute atomic E-state index is 6.11. The van der Waals surface area contributed by atoms with Crippen molar-refractivity contribution in [1.29, 1.82) is 0 Å². The van der Waals surface area contributed by atoms with Gasteiger partial charge in [-0.05, 0) is 33.8 Å². The monoisotopic (exact) mass is 302 g/mol. The molecule has 3 heterocycles. The number of morpholine rings is 1. The van der Waals surface area contributed by atoms with E-state index in [1.165, 1.54) is 0 Å². The van der Waals surface area contributed by atoms with Gasteiger partial charge in [0.1, 0.15) is 5.82 Å². The summed E-state index contributed by atoms with van der Waals surface area (Å²) >= 11 is 0. The van der Waals surface area contributed by atoms with Crippen LogP contribution in [0.2, 0.25) is 0 Å². The first-order valence-electron chi connectivity index (χ1n) is 7.34. The van der Waals surface area contributed by atoms with Crippen molar-refractivity contribution in [2.75, 3.05) is 23.7 Å². The molecule has 0 saturated carbocycles. The van der Waals surface area contributed by atoms with Gasteiger partial charge in [0.15, 0.2) is 5.82 Å². The molecule has 2 aromatic rings. The van der Waals surface area contributed by atoms with E-state index in [1.54, 1.807) is 10.9 Å². The van der Waals surface area contributed by atoms with Crippen molar-refractivity contribution in [3.05, 3.63) is 24.5 Å². The minimum atomic E-state index is -0.257. The van der Waals surface area contributed by atoms with E-state index in [9.17, 15) is 0 Å². The standard InChI is InChI=1S/C15H22N6O/c1-14(2)9-20(10-15(3,4)22-14)11-8-12(19-13(16)18-11)21-7-5-6-17-21/h5-8H,9-10H2,1-4H3,(H2,16,18,19). The predicted molar refractivity (Wildman–Crippen MR) is 85.0 cm³/mol. The summed E-state index contributed by atoms with van der Waals surface area (Å²) in [4.78, 5) is 10.8. The molecule has 0 aliphatic carbocycles. The Morgan fingerprint density at radius 2 is 1.73 bits per heavy atom. The van der Waals surface area contributed by atoms with Gasteiger partial charge in [0.05, 0.1) is 11.2 Å². The van der Waals surface area contributed by atoms with E-state index in [-0.39, 0.29) is 17.2 Å². The Balaban J connectivity index is 1.97. The van der Waals surface area contributed by atoms with Gasteiger partial charge in [-0.15, -0.1) is 0 Å². The third kappa shape index (κ3) is 3.04. The first kappa shape index (κ1) is 14.8. The average molecular weight is 302 g/mol. The molecule has 1 aliphatic heterocycles. The maximum Gasteiger partial charge on any atom is 0.224 e. The molecule has 1 saturated heterocycles. The third-order valence-electron chi connectivity index (χ3n) is 3.48. The van der Waals surface area contributed by atoms with Gasteiger partial charge in [-0.25, -0.2) is 4.68 Å². The van der Waals surface area contributed by atoms with Gasteiger partial charge in [-0.2, -0.15) is 15.1 Å². The van der Waals surface area contributed by atoms with Crippen molar-refractivity contribution in [3.63, 3.8) is 0 Å². The van der Waals surface area contributed by atoms with Gasteiger partial charge in [0.2, 0.25) is 5.95 Å². The SMILES string of the molecule is CC1(C)CN(c2cc(-n3cccn3)nc(N)n2)CC(C)(C)O1. The molecule has 0 bridgehead atoms. The fourth-order valence-electron chi connectivity index (χ4n) is 3.07. The number of nitrogen functional groups attached to an aromatic ring is 1. The van der Waals surface area contributed by atoms with Crippen LogP contribution >= 0.6 is 0 Å². The number of hydrogen-bond acceptors (Lipinski definition) is 6. The Morgan fingerprint density at radius 1 is 1.09 bits per heavy atom. The van der Waals surface area contributed by atoms with Crippen molar-refractivity contribution in [1.82, 2.24) is 19.7 Å². The highest BCUT2D eigenvalue weighted by molar-refractivity contribution is 5.48. The van der Waals surface area contributed by atoms with Gasteiger partial charge in [0.25, 0.3) is 0 Å². The van der Waals surface area contributed by atoms with Crippen LogP contribution in [0.4, 0.5) is 11.8 Å². The quantitative estimate of drug-likeness (QED) is 0.908. The molecule has 0 radical (unpaired) electrons. The molecule has 1 fully saturated rings. The van der Waals surface area contributed by atoms with E-state index < -0.39 is 0 Å². The molecule has 0 atom stereocenters. The minimum absolute atomic E-state index is 0.241. The van der Waals surface area contributed by atoms with Crippen LogP contribution in [0.15, 0.2) is 24.5 Å². The molecule has 2 aromatic heterocycles. The lowest BCUT2D eigenvalue weighted by atomic mass is 9.99. The number of rotatable bonds is 2. The highest BCUT2D eigenvalue weighted by Gasteiger charge is 2.38. The number of nitrogens with two attached hydrogens (primary N) is 1. The Bertz CT molecular complexity index is 649. The van der Waals surface area contributed by atoms with Crippen LogP contribution in [-0.2, 0) is 4.74 Å². The van der Waals surface area contributed by atoms with E-state index in [1.807, 2.05) is 18.3 Å². The molecule has 2 N–H and O–H groups in total. The molecule has 22 heavy (non-hydrogen) atoms. The smallest absolute Gasteiger partial charge is 0.224 e. The zero-order valence-corrected chi connectivity index (χ0v) is 13.4. The molecule has 0 amide bonds. The maximum atomic E-state index is 6.11. The Morgan fingerprint density at radius 3 is 2.32 bits per heavy atom. The fourth-order valence-corrected chi connectivity index (χ4v) is 3.07. The summed E-state index contributed by atoms with van der Waals surface area (Å²) in [5.74, 6) is 1.70. The van der Waals surface area contributed by atoms with E-state index in [0.29, 0.717) is 5.82 Å². The Kier molecular flexibility index (Phi) is 3.32. The summed E-state index contributed by atoms with van der Waals surface area (Å²) in [6.45, 7) is 9.82. The molecular formula is C15H22N6O. The summed E-state index contributed by atoms with van der Waals surface area (Å²) in [6, 6.07) is 3.75. The zero-order chi connectivity index (χ0) is 16.0. The molecule has 1 aliphatic rings. The van der Waals surface area contributed by atoms with Gasteiger partial charge in [-0.3, -0.25) is 0 Å². The highest BCUT2D eigenvalue weighted by Crippen LogP contribution is 2.31. The average Bonchev–Trinajstić information content (AvgIpc) is 2.88. The predicted octanol–water partition coefficient (Wildman–Crippen LogP) is 1.64. The molecule has 7 nitrogen and oxygen atoms in total. The number of ether oxygens (including phenoxy) is 1.